The molecule has 1 aliphatic carbocycles. The summed E-state index contributed by atoms with van der Waals surface area (Å²) in [5.74, 6) is 0.291. The molecule has 0 radical (unpaired) electrons. The fourth-order valence-electron chi connectivity index (χ4n) is 2.99. The summed E-state index contributed by atoms with van der Waals surface area (Å²) in [6.45, 7) is 4.03. The highest BCUT2D eigenvalue weighted by molar-refractivity contribution is 9.09. The largest absolute Gasteiger partial charge is 0.368 e. The molecule has 1 aromatic rings. The highest BCUT2D eigenvalue weighted by Gasteiger charge is 2.25. The van der Waals surface area contributed by atoms with Crippen LogP contribution >= 0.6 is 27.5 Å². The van der Waals surface area contributed by atoms with Gasteiger partial charge < -0.3 is 4.90 Å². The van der Waals surface area contributed by atoms with Gasteiger partial charge in [-0.1, -0.05) is 46.6 Å². The van der Waals surface area contributed by atoms with Crippen LogP contribution in [0, 0.1) is 0 Å². The lowest BCUT2D eigenvalue weighted by atomic mass is 9.89. The Morgan fingerprint density at radius 2 is 1.91 bits per heavy atom. The molecule has 2 rings (SSSR count). The number of hydrogen-bond acceptors (Lipinski definition) is 2. The Morgan fingerprint density at radius 3 is 2.55 bits per heavy atom. The summed E-state index contributed by atoms with van der Waals surface area (Å²) in [4.78, 5) is 14.9. The van der Waals surface area contributed by atoms with Gasteiger partial charge in [-0.2, -0.15) is 0 Å². The summed E-state index contributed by atoms with van der Waals surface area (Å²) in [6.07, 6.45) is 4.68. The molecule has 0 bridgehead atoms. The molecule has 1 aliphatic rings. The molecular formula is C18H23BrClNO. The van der Waals surface area contributed by atoms with Crippen LogP contribution in [0.15, 0.2) is 30.0 Å². The molecule has 1 aromatic carbocycles. The van der Waals surface area contributed by atoms with Gasteiger partial charge in [-0.25, -0.2) is 0 Å². The van der Waals surface area contributed by atoms with E-state index in [-0.39, 0.29) is 0 Å². The highest BCUT2D eigenvalue weighted by Crippen LogP contribution is 2.33. The normalized spacial score (nSPS) is 15.3. The molecule has 0 spiro atoms. The highest BCUT2D eigenvalue weighted by atomic mass is 79.9. The number of alkyl halides is 1. The predicted molar refractivity (Wildman–Crippen MR) is 97.5 cm³/mol. The van der Waals surface area contributed by atoms with Gasteiger partial charge in [-0.3, -0.25) is 4.79 Å². The molecule has 0 heterocycles. The lowest BCUT2D eigenvalue weighted by Gasteiger charge is -2.31. The second-order valence-electron chi connectivity index (χ2n) is 5.64. The van der Waals surface area contributed by atoms with Crippen molar-refractivity contribution in [3.8, 4) is 0 Å². The van der Waals surface area contributed by atoms with E-state index in [2.05, 4.69) is 27.8 Å². The number of allylic oxidation sites excluding steroid dienone is 2. The Labute approximate surface area is 146 Å². The lowest BCUT2D eigenvalue weighted by molar-refractivity contribution is -0.117. The molecule has 0 fully saturated rings. The SMILES string of the molecule is CCCN(CCCBr)C1=C(c2ccc(Cl)cc2)CCCC1=O. The lowest BCUT2D eigenvalue weighted by Crippen LogP contribution is -2.32. The minimum absolute atomic E-state index is 0.291. The van der Waals surface area contributed by atoms with Gasteiger partial charge >= 0.3 is 0 Å². The zero-order valence-electron chi connectivity index (χ0n) is 13.1. The minimum Gasteiger partial charge on any atom is -0.368 e. The van der Waals surface area contributed by atoms with Crippen LogP contribution < -0.4 is 0 Å². The van der Waals surface area contributed by atoms with Crippen LogP contribution in [0.3, 0.4) is 0 Å². The average molecular weight is 385 g/mol. The van der Waals surface area contributed by atoms with Crippen LogP contribution in [0.25, 0.3) is 5.57 Å². The van der Waals surface area contributed by atoms with Gasteiger partial charge in [0.1, 0.15) is 0 Å². The number of Topliss-reactive ketones (excluding diaryl/α,β-unsaturated/α-hetero) is 1. The third-order valence-corrected chi connectivity index (χ3v) is 4.76. The quantitative estimate of drug-likeness (QED) is 0.594. The Bertz CT molecular complexity index is 539. The zero-order chi connectivity index (χ0) is 15.9. The van der Waals surface area contributed by atoms with E-state index in [4.69, 9.17) is 11.6 Å². The molecule has 0 amide bonds. The number of benzene rings is 1. The number of rotatable bonds is 7. The van der Waals surface area contributed by atoms with Crippen molar-refractivity contribution in [1.29, 1.82) is 0 Å². The summed E-state index contributed by atoms with van der Waals surface area (Å²) in [5.41, 5.74) is 3.26. The van der Waals surface area contributed by atoms with Gasteiger partial charge in [0.05, 0.1) is 5.70 Å². The van der Waals surface area contributed by atoms with E-state index in [1.54, 1.807) is 0 Å². The van der Waals surface area contributed by atoms with Crippen molar-refractivity contribution in [2.45, 2.75) is 39.0 Å². The molecular weight excluding hydrogens is 362 g/mol. The molecule has 0 aliphatic heterocycles. The second-order valence-corrected chi connectivity index (χ2v) is 6.87. The van der Waals surface area contributed by atoms with E-state index >= 15 is 0 Å². The number of carbonyl (C=O) groups excluding carboxylic acids is 1. The summed E-state index contributed by atoms with van der Waals surface area (Å²) in [6, 6.07) is 7.88. The first-order valence-corrected chi connectivity index (χ1v) is 9.50. The Hall–Kier alpha value is -0.800. The van der Waals surface area contributed by atoms with Crippen LogP contribution in [0.1, 0.15) is 44.6 Å². The molecule has 0 aromatic heterocycles. The van der Waals surface area contributed by atoms with Gasteiger partial charge in [0.2, 0.25) is 0 Å². The van der Waals surface area contributed by atoms with E-state index in [9.17, 15) is 4.79 Å². The van der Waals surface area contributed by atoms with Crippen molar-refractivity contribution in [2.24, 2.45) is 0 Å². The standard InChI is InChI=1S/C18H23BrClNO/c1-2-12-21(13-4-11-19)18-16(5-3-6-17(18)22)14-7-9-15(20)10-8-14/h7-10H,2-6,11-13H2,1H3. The predicted octanol–water partition coefficient (Wildman–Crippen LogP) is 5.30. The molecule has 0 N–H and O–H groups in total. The van der Waals surface area contributed by atoms with E-state index in [1.165, 1.54) is 5.57 Å². The molecule has 22 heavy (non-hydrogen) atoms. The van der Waals surface area contributed by atoms with Crippen molar-refractivity contribution < 1.29 is 4.79 Å². The molecule has 4 heteroatoms. The zero-order valence-corrected chi connectivity index (χ0v) is 15.4. The van der Waals surface area contributed by atoms with Gasteiger partial charge in [-0.05, 0) is 49.0 Å². The summed E-state index contributed by atoms with van der Waals surface area (Å²) >= 11 is 9.49. The number of hydrogen-bond donors (Lipinski definition) is 0. The molecule has 0 unspecified atom stereocenters. The third kappa shape index (κ3) is 4.36. The monoisotopic (exact) mass is 383 g/mol. The van der Waals surface area contributed by atoms with Crippen LogP contribution in [-0.4, -0.2) is 29.1 Å². The molecule has 0 saturated heterocycles. The number of carbonyl (C=O) groups is 1. The van der Waals surface area contributed by atoms with Crippen molar-refractivity contribution >= 4 is 38.9 Å². The Kier molecular flexibility index (Phi) is 6.97. The molecule has 120 valence electrons. The fraction of sp³-hybridized carbons (Fsp3) is 0.500. The maximum Gasteiger partial charge on any atom is 0.179 e. The minimum atomic E-state index is 0.291. The van der Waals surface area contributed by atoms with Crippen LogP contribution in [0.5, 0.6) is 0 Å². The maximum atomic E-state index is 12.6. The topological polar surface area (TPSA) is 20.3 Å². The van der Waals surface area contributed by atoms with E-state index < -0.39 is 0 Å². The number of halogens is 2. The van der Waals surface area contributed by atoms with Crippen LogP contribution in [-0.2, 0) is 4.79 Å². The first-order chi connectivity index (χ1) is 10.7. The van der Waals surface area contributed by atoms with E-state index in [1.807, 2.05) is 24.3 Å². The third-order valence-electron chi connectivity index (χ3n) is 3.94. The first kappa shape index (κ1) is 17.6. The summed E-state index contributed by atoms with van der Waals surface area (Å²) in [7, 11) is 0. The van der Waals surface area contributed by atoms with Gasteiger partial charge in [0.15, 0.2) is 5.78 Å². The van der Waals surface area contributed by atoms with Crippen LogP contribution in [0.2, 0.25) is 5.02 Å². The van der Waals surface area contributed by atoms with Gasteiger partial charge in [-0.15, -0.1) is 0 Å². The number of ketones is 1. The van der Waals surface area contributed by atoms with Gasteiger partial charge in [0.25, 0.3) is 0 Å². The summed E-state index contributed by atoms with van der Waals surface area (Å²) in [5, 5.41) is 1.70. The smallest absolute Gasteiger partial charge is 0.179 e. The maximum absolute atomic E-state index is 12.6. The van der Waals surface area contributed by atoms with Gasteiger partial charge in [0, 0.05) is 29.9 Å². The number of nitrogens with zero attached hydrogens (tertiary/aromatic N) is 1. The van der Waals surface area contributed by atoms with E-state index in [0.29, 0.717) is 12.2 Å². The van der Waals surface area contributed by atoms with Crippen molar-refractivity contribution in [1.82, 2.24) is 4.90 Å². The first-order valence-electron chi connectivity index (χ1n) is 8.00. The van der Waals surface area contributed by atoms with Crippen molar-refractivity contribution in [2.75, 3.05) is 18.4 Å². The Balaban J connectivity index is 2.41. The molecule has 0 atom stereocenters. The second kappa shape index (κ2) is 8.73. The summed E-state index contributed by atoms with van der Waals surface area (Å²) < 4.78 is 0. The fourth-order valence-corrected chi connectivity index (χ4v) is 3.36. The van der Waals surface area contributed by atoms with Crippen molar-refractivity contribution in [3.05, 3.63) is 40.5 Å². The van der Waals surface area contributed by atoms with Crippen LogP contribution in [0.4, 0.5) is 0 Å². The molecule has 2 nitrogen and oxygen atoms in total. The Morgan fingerprint density at radius 1 is 1.18 bits per heavy atom. The molecule has 0 saturated carbocycles. The van der Waals surface area contributed by atoms with E-state index in [0.717, 1.165) is 60.4 Å². The average Bonchev–Trinajstić information content (AvgIpc) is 2.52. The van der Waals surface area contributed by atoms with Crippen molar-refractivity contribution in [3.63, 3.8) is 0 Å².